The van der Waals surface area contributed by atoms with Crippen LogP contribution in [0.5, 0.6) is 0 Å². The summed E-state index contributed by atoms with van der Waals surface area (Å²) in [6.45, 7) is 2.04. The molecule has 2 aliphatic rings. The van der Waals surface area contributed by atoms with E-state index in [1.54, 1.807) is 0 Å². The van der Waals surface area contributed by atoms with Crippen molar-refractivity contribution in [2.75, 3.05) is 25.6 Å². The van der Waals surface area contributed by atoms with E-state index in [0.717, 1.165) is 37.6 Å². The number of ether oxygens (including phenoxy) is 2. The van der Waals surface area contributed by atoms with Crippen LogP contribution in [0.3, 0.4) is 0 Å². The number of nitrogens with zero attached hydrogens (tertiary/aromatic N) is 1. The predicted molar refractivity (Wildman–Crippen MR) is 101 cm³/mol. The summed E-state index contributed by atoms with van der Waals surface area (Å²) in [5.74, 6) is -0.355. The Morgan fingerprint density at radius 1 is 1.23 bits per heavy atom. The van der Waals surface area contributed by atoms with Crippen molar-refractivity contribution in [3.63, 3.8) is 0 Å². The van der Waals surface area contributed by atoms with Gasteiger partial charge in [-0.15, -0.1) is 11.6 Å². The van der Waals surface area contributed by atoms with Gasteiger partial charge in [-0.3, -0.25) is 4.79 Å². The number of rotatable bonds is 5. The lowest BCUT2D eigenvalue weighted by molar-refractivity contribution is -0.185. The van der Waals surface area contributed by atoms with Gasteiger partial charge in [0.25, 0.3) is 0 Å². The van der Waals surface area contributed by atoms with Crippen LogP contribution in [-0.4, -0.2) is 53.3 Å². The Hall–Kier alpha value is -1.56. The molecular formula is C20H25ClN2O3. The Bertz CT molecular complexity index is 759. The summed E-state index contributed by atoms with van der Waals surface area (Å²) in [5.41, 5.74) is 2.37. The monoisotopic (exact) mass is 376 g/mol. The molecule has 6 heteroatoms. The van der Waals surface area contributed by atoms with E-state index in [-0.39, 0.29) is 17.8 Å². The van der Waals surface area contributed by atoms with Gasteiger partial charge in [0.2, 0.25) is 5.91 Å². The van der Waals surface area contributed by atoms with Crippen LogP contribution in [0.25, 0.3) is 10.9 Å². The zero-order chi connectivity index (χ0) is 18.0. The highest BCUT2D eigenvalue weighted by molar-refractivity contribution is 6.27. The van der Waals surface area contributed by atoms with Gasteiger partial charge in [0.05, 0.1) is 13.2 Å². The first-order chi connectivity index (χ1) is 12.7. The molecule has 5 nitrogen and oxygen atoms in total. The molecule has 1 aliphatic heterocycles. The topological polar surface area (TPSA) is 54.6 Å². The van der Waals surface area contributed by atoms with E-state index in [9.17, 15) is 4.79 Å². The van der Waals surface area contributed by atoms with Gasteiger partial charge in [0.1, 0.15) is 5.88 Å². The van der Waals surface area contributed by atoms with Gasteiger partial charge in [-0.05, 0) is 30.9 Å². The SMILES string of the molecule is O=C(CCl)N(CCc1c[nH]c2ccccc12)C1CCC2(CC1)OCCO2. The fraction of sp³-hybridized carbons (Fsp3) is 0.550. The molecule has 2 fully saturated rings. The second kappa shape index (κ2) is 7.59. The number of para-hydroxylation sites is 1. The summed E-state index contributed by atoms with van der Waals surface area (Å²) in [7, 11) is 0. The highest BCUT2D eigenvalue weighted by Crippen LogP contribution is 2.37. The summed E-state index contributed by atoms with van der Waals surface area (Å²) in [5, 5.41) is 1.22. The lowest BCUT2D eigenvalue weighted by Gasteiger charge is -2.40. The van der Waals surface area contributed by atoms with Crippen LogP contribution in [0.15, 0.2) is 30.5 Å². The number of alkyl halides is 1. The Kier molecular flexibility index (Phi) is 5.20. The van der Waals surface area contributed by atoms with E-state index in [2.05, 4.69) is 17.1 Å². The van der Waals surface area contributed by atoms with Crippen molar-refractivity contribution in [2.24, 2.45) is 0 Å². The van der Waals surface area contributed by atoms with Crippen LogP contribution in [-0.2, 0) is 20.7 Å². The molecule has 1 aliphatic carbocycles. The molecule has 1 saturated carbocycles. The number of aromatic amines is 1. The number of H-pyrrole nitrogens is 1. The largest absolute Gasteiger partial charge is 0.361 e. The maximum Gasteiger partial charge on any atom is 0.237 e. The molecule has 4 rings (SSSR count). The lowest BCUT2D eigenvalue weighted by Crippen LogP contribution is -2.47. The van der Waals surface area contributed by atoms with E-state index < -0.39 is 5.79 Å². The summed E-state index contributed by atoms with van der Waals surface area (Å²) >= 11 is 5.90. The fourth-order valence-corrected chi connectivity index (χ4v) is 4.46. The van der Waals surface area contributed by atoms with Gasteiger partial charge in [0.15, 0.2) is 5.79 Å². The van der Waals surface area contributed by atoms with Gasteiger partial charge < -0.3 is 19.4 Å². The average molecular weight is 377 g/mol. The Balaban J connectivity index is 1.43. The molecule has 0 unspecified atom stereocenters. The first kappa shape index (κ1) is 17.8. The third kappa shape index (κ3) is 3.48. The Morgan fingerprint density at radius 2 is 1.96 bits per heavy atom. The molecule has 2 heterocycles. The molecule has 1 spiro atoms. The minimum atomic E-state index is -0.400. The molecule has 0 atom stereocenters. The van der Waals surface area contributed by atoms with Gasteiger partial charge in [-0.1, -0.05) is 18.2 Å². The molecule has 1 aromatic carbocycles. The zero-order valence-corrected chi connectivity index (χ0v) is 15.6. The smallest absolute Gasteiger partial charge is 0.237 e. The standard InChI is InChI=1S/C20H25ClN2O3/c21-13-19(24)23(16-5-8-20(9-6-16)25-11-12-26-20)10-7-15-14-22-18-4-2-1-3-17(15)18/h1-4,14,16,22H,5-13H2. The van der Waals surface area contributed by atoms with Crippen molar-refractivity contribution >= 4 is 28.4 Å². The molecule has 26 heavy (non-hydrogen) atoms. The summed E-state index contributed by atoms with van der Waals surface area (Å²) < 4.78 is 11.6. The second-order valence-corrected chi connectivity index (χ2v) is 7.44. The molecule has 1 aromatic heterocycles. The van der Waals surface area contributed by atoms with Crippen LogP contribution < -0.4 is 0 Å². The van der Waals surface area contributed by atoms with Crippen LogP contribution in [0.2, 0.25) is 0 Å². The van der Waals surface area contributed by atoms with Crippen LogP contribution in [0, 0.1) is 0 Å². The van der Waals surface area contributed by atoms with E-state index in [0.29, 0.717) is 19.8 Å². The predicted octanol–water partition coefficient (Wildman–Crippen LogP) is 3.46. The van der Waals surface area contributed by atoms with Crippen molar-refractivity contribution in [3.05, 3.63) is 36.0 Å². The Labute approximate surface area is 158 Å². The molecule has 0 radical (unpaired) electrons. The number of nitrogens with one attached hydrogen (secondary N) is 1. The lowest BCUT2D eigenvalue weighted by atomic mass is 9.88. The normalized spacial score (nSPS) is 20.0. The number of carbonyl (C=O) groups excluding carboxylic acids is 1. The van der Waals surface area contributed by atoms with E-state index in [1.165, 1.54) is 10.9 Å². The molecule has 1 amide bonds. The van der Waals surface area contributed by atoms with Crippen LogP contribution >= 0.6 is 11.6 Å². The number of halogens is 1. The zero-order valence-electron chi connectivity index (χ0n) is 14.9. The molecule has 1 saturated heterocycles. The van der Waals surface area contributed by atoms with Gasteiger partial charge in [0, 0.05) is 42.5 Å². The molecular weight excluding hydrogens is 352 g/mol. The number of amides is 1. The van der Waals surface area contributed by atoms with Crippen LogP contribution in [0.4, 0.5) is 0 Å². The van der Waals surface area contributed by atoms with Crippen molar-refractivity contribution in [3.8, 4) is 0 Å². The van der Waals surface area contributed by atoms with Crippen LogP contribution in [0.1, 0.15) is 31.2 Å². The third-order valence-electron chi connectivity index (χ3n) is 5.70. The average Bonchev–Trinajstić information content (AvgIpc) is 3.30. The number of fused-ring (bicyclic) bond motifs is 1. The number of hydrogen-bond donors (Lipinski definition) is 1. The number of carbonyl (C=O) groups is 1. The number of aromatic nitrogens is 1. The van der Waals surface area contributed by atoms with E-state index in [4.69, 9.17) is 21.1 Å². The third-order valence-corrected chi connectivity index (χ3v) is 5.93. The molecule has 0 bridgehead atoms. The molecule has 140 valence electrons. The van der Waals surface area contributed by atoms with Crippen molar-refractivity contribution < 1.29 is 14.3 Å². The summed E-state index contributed by atoms with van der Waals surface area (Å²) in [6, 6.07) is 8.47. The summed E-state index contributed by atoms with van der Waals surface area (Å²) in [6.07, 6.45) is 6.35. The molecule has 1 N–H and O–H groups in total. The Morgan fingerprint density at radius 3 is 2.69 bits per heavy atom. The van der Waals surface area contributed by atoms with Gasteiger partial charge >= 0.3 is 0 Å². The quantitative estimate of drug-likeness (QED) is 0.813. The summed E-state index contributed by atoms with van der Waals surface area (Å²) in [4.78, 5) is 17.7. The number of hydrogen-bond acceptors (Lipinski definition) is 3. The van der Waals surface area contributed by atoms with Crippen molar-refractivity contribution in [2.45, 2.75) is 43.9 Å². The van der Waals surface area contributed by atoms with Gasteiger partial charge in [-0.2, -0.15) is 0 Å². The first-order valence-corrected chi connectivity index (χ1v) is 9.92. The number of benzene rings is 1. The van der Waals surface area contributed by atoms with E-state index >= 15 is 0 Å². The van der Waals surface area contributed by atoms with Crippen molar-refractivity contribution in [1.29, 1.82) is 0 Å². The highest BCUT2D eigenvalue weighted by atomic mass is 35.5. The van der Waals surface area contributed by atoms with E-state index in [1.807, 2.05) is 23.2 Å². The second-order valence-electron chi connectivity index (χ2n) is 7.17. The highest BCUT2D eigenvalue weighted by Gasteiger charge is 2.42. The minimum Gasteiger partial charge on any atom is -0.361 e. The maximum atomic E-state index is 12.5. The van der Waals surface area contributed by atoms with Gasteiger partial charge in [-0.25, -0.2) is 0 Å². The first-order valence-electron chi connectivity index (χ1n) is 9.39. The minimum absolute atomic E-state index is 0.0146. The van der Waals surface area contributed by atoms with Crippen molar-refractivity contribution in [1.82, 2.24) is 9.88 Å². The fourth-order valence-electron chi connectivity index (χ4n) is 4.31. The maximum absolute atomic E-state index is 12.5. The molecule has 2 aromatic rings.